The first-order valence-electron chi connectivity index (χ1n) is 8.91. The minimum Gasteiger partial charge on any atom is -0.336 e. The molecule has 27 heavy (non-hydrogen) atoms. The van der Waals surface area contributed by atoms with Gasteiger partial charge in [0.05, 0.1) is 6.20 Å². The molecule has 1 aliphatic carbocycles. The van der Waals surface area contributed by atoms with Crippen LogP contribution >= 0.6 is 0 Å². The highest BCUT2D eigenvalue weighted by molar-refractivity contribution is 5.93. The number of halogens is 2. The van der Waals surface area contributed by atoms with Crippen LogP contribution < -0.4 is 0 Å². The number of carbonyl (C=O) groups is 1. The van der Waals surface area contributed by atoms with Gasteiger partial charge in [0.1, 0.15) is 5.69 Å². The monoisotopic (exact) mass is 374 g/mol. The largest absolute Gasteiger partial charge is 0.336 e. The van der Waals surface area contributed by atoms with Crippen molar-refractivity contribution in [3.63, 3.8) is 0 Å². The van der Waals surface area contributed by atoms with Crippen molar-refractivity contribution in [1.82, 2.24) is 29.3 Å². The van der Waals surface area contributed by atoms with Crippen molar-refractivity contribution in [1.29, 1.82) is 0 Å². The predicted octanol–water partition coefficient (Wildman–Crippen LogP) is 3.03. The van der Waals surface area contributed by atoms with Crippen LogP contribution in [0.4, 0.5) is 8.78 Å². The van der Waals surface area contributed by atoms with Crippen LogP contribution in [0, 0.1) is 0 Å². The summed E-state index contributed by atoms with van der Waals surface area (Å²) in [6.45, 7) is 3.08. The number of fused-ring (bicyclic) bond motifs is 1. The molecule has 0 aromatic carbocycles. The lowest BCUT2D eigenvalue weighted by atomic mass is 10.2. The van der Waals surface area contributed by atoms with E-state index < -0.39 is 6.43 Å². The molecule has 9 heteroatoms. The smallest absolute Gasteiger partial charge is 0.280 e. The lowest BCUT2D eigenvalue weighted by Gasteiger charge is -2.14. The van der Waals surface area contributed by atoms with Crippen molar-refractivity contribution < 1.29 is 13.6 Å². The molecule has 0 unspecified atom stereocenters. The van der Waals surface area contributed by atoms with Crippen LogP contribution in [0.25, 0.3) is 5.65 Å². The number of amides is 1. The van der Waals surface area contributed by atoms with Gasteiger partial charge in [0.2, 0.25) is 0 Å². The molecule has 7 nitrogen and oxygen atoms in total. The fraction of sp³-hybridized carbons (Fsp3) is 0.444. The van der Waals surface area contributed by atoms with E-state index in [4.69, 9.17) is 0 Å². The SMILES string of the molecule is CCn1cc(CN(C)C(=O)c2cc3nc(C4CC4)cc(C(F)F)n3n2)cn1. The van der Waals surface area contributed by atoms with Gasteiger partial charge in [-0.15, -0.1) is 0 Å². The van der Waals surface area contributed by atoms with Gasteiger partial charge in [-0.05, 0) is 25.8 Å². The first-order chi connectivity index (χ1) is 13.0. The van der Waals surface area contributed by atoms with Crippen molar-refractivity contribution in [2.24, 2.45) is 0 Å². The normalized spacial score (nSPS) is 14.3. The minimum absolute atomic E-state index is 0.0998. The van der Waals surface area contributed by atoms with Crippen LogP contribution in [0.5, 0.6) is 0 Å². The molecule has 0 radical (unpaired) electrons. The molecule has 0 spiro atoms. The molecule has 0 saturated heterocycles. The second-order valence-electron chi connectivity index (χ2n) is 6.85. The Morgan fingerprint density at radius 1 is 1.37 bits per heavy atom. The lowest BCUT2D eigenvalue weighted by molar-refractivity contribution is 0.0778. The Balaban J connectivity index is 1.62. The molecule has 1 aliphatic rings. The molecule has 0 aliphatic heterocycles. The van der Waals surface area contributed by atoms with Gasteiger partial charge in [-0.2, -0.15) is 10.2 Å². The molecular weight excluding hydrogens is 354 g/mol. The molecule has 142 valence electrons. The van der Waals surface area contributed by atoms with Crippen molar-refractivity contribution in [2.75, 3.05) is 7.05 Å². The van der Waals surface area contributed by atoms with Gasteiger partial charge in [-0.1, -0.05) is 0 Å². The Labute approximate surface area is 154 Å². The third-order valence-electron chi connectivity index (χ3n) is 4.69. The zero-order valence-corrected chi connectivity index (χ0v) is 15.1. The summed E-state index contributed by atoms with van der Waals surface area (Å²) >= 11 is 0. The summed E-state index contributed by atoms with van der Waals surface area (Å²) in [5.41, 5.74) is 1.69. The van der Waals surface area contributed by atoms with E-state index >= 15 is 0 Å². The molecule has 1 saturated carbocycles. The van der Waals surface area contributed by atoms with E-state index in [1.165, 1.54) is 17.0 Å². The Bertz CT molecular complexity index is 991. The maximum absolute atomic E-state index is 13.5. The number of aromatic nitrogens is 5. The summed E-state index contributed by atoms with van der Waals surface area (Å²) < 4.78 is 29.8. The van der Waals surface area contributed by atoms with Gasteiger partial charge in [0, 0.05) is 49.6 Å². The summed E-state index contributed by atoms with van der Waals surface area (Å²) in [7, 11) is 1.65. The number of carbonyl (C=O) groups excluding carboxylic acids is 1. The summed E-state index contributed by atoms with van der Waals surface area (Å²) in [6.07, 6.45) is 2.80. The highest BCUT2D eigenvalue weighted by Gasteiger charge is 2.28. The average Bonchev–Trinajstić information content (AvgIpc) is 3.25. The van der Waals surface area contributed by atoms with Gasteiger partial charge in [-0.3, -0.25) is 9.48 Å². The molecular formula is C18H20F2N6O. The topological polar surface area (TPSA) is 68.3 Å². The zero-order valence-electron chi connectivity index (χ0n) is 15.1. The third kappa shape index (κ3) is 3.41. The summed E-state index contributed by atoms with van der Waals surface area (Å²) in [5.74, 6) is -0.114. The molecule has 4 rings (SSSR count). The maximum atomic E-state index is 13.5. The predicted molar refractivity (Wildman–Crippen MR) is 93.6 cm³/mol. The van der Waals surface area contributed by atoms with Crippen LogP contribution in [-0.4, -0.2) is 42.2 Å². The van der Waals surface area contributed by atoms with E-state index in [1.807, 2.05) is 13.1 Å². The zero-order chi connectivity index (χ0) is 19.1. The van der Waals surface area contributed by atoms with Crippen LogP contribution in [0.1, 0.15) is 59.5 Å². The van der Waals surface area contributed by atoms with Crippen LogP contribution in [0.2, 0.25) is 0 Å². The van der Waals surface area contributed by atoms with Crippen LogP contribution in [0.3, 0.4) is 0 Å². The molecule has 0 atom stereocenters. The fourth-order valence-corrected chi connectivity index (χ4v) is 3.07. The number of rotatable bonds is 6. The minimum atomic E-state index is -2.69. The van der Waals surface area contributed by atoms with E-state index in [1.54, 1.807) is 17.9 Å². The molecule has 3 aromatic heterocycles. The van der Waals surface area contributed by atoms with Crippen LogP contribution in [0.15, 0.2) is 24.5 Å². The van der Waals surface area contributed by atoms with E-state index in [2.05, 4.69) is 15.2 Å². The highest BCUT2D eigenvalue weighted by Crippen LogP contribution is 2.40. The number of aryl methyl sites for hydroxylation is 1. The second-order valence-corrected chi connectivity index (χ2v) is 6.85. The molecule has 3 aromatic rings. The van der Waals surface area contributed by atoms with E-state index in [0.717, 1.165) is 29.5 Å². The summed E-state index contributed by atoms with van der Waals surface area (Å²) in [5, 5.41) is 8.28. The average molecular weight is 374 g/mol. The van der Waals surface area contributed by atoms with E-state index in [0.29, 0.717) is 12.2 Å². The molecule has 0 bridgehead atoms. The number of hydrogen-bond acceptors (Lipinski definition) is 4. The second kappa shape index (κ2) is 6.71. The molecule has 1 amide bonds. The number of nitrogens with zero attached hydrogens (tertiary/aromatic N) is 6. The van der Waals surface area contributed by atoms with Gasteiger partial charge in [-0.25, -0.2) is 18.3 Å². The summed E-state index contributed by atoms with van der Waals surface area (Å²) in [6, 6.07) is 2.88. The Morgan fingerprint density at radius 3 is 2.78 bits per heavy atom. The fourth-order valence-electron chi connectivity index (χ4n) is 3.07. The third-order valence-corrected chi connectivity index (χ3v) is 4.69. The first kappa shape index (κ1) is 17.6. The highest BCUT2D eigenvalue weighted by atomic mass is 19.3. The standard InChI is InChI=1S/C18H20F2N6O/c1-3-25-10-11(8-21-25)9-24(2)18(27)14-7-16-22-13(12-4-5-12)6-15(17(19)20)26(16)23-14/h6-8,10,12,17H,3-5,9H2,1-2H3. The molecule has 1 fully saturated rings. The van der Waals surface area contributed by atoms with E-state index in [-0.39, 0.29) is 28.9 Å². The van der Waals surface area contributed by atoms with Crippen molar-refractivity contribution >= 4 is 11.6 Å². The first-order valence-corrected chi connectivity index (χ1v) is 8.91. The van der Waals surface area contributed by atoms with Gasteiger partial charge in [0.15, 0.2) is 11.3 Å². The Kier molecular flexibility index (Phi) is 4.37. The van der Waals surface area contributed by atoms with Crippen molar-refractivity contribution in [3.8, 4) is 0 Å². The Morgan fingerprint density at radius 2 is 2.15 bits per heavy atom. The van der Waals surface area contributed by atoms with Gasteiger partial charge in [0.25, 0.3) is 12.3 Å². The lowest BCUT2D eigenvalue weighted by Crippen LogP contribution is -2.26. The van der Waals surface area contributed by atoms with Crippen molar-refractivity contribution in [2.45, 2.75) is 45.2 Å². The van der Waals surface area contributed by atoms with Gasteiger partial charge >= 0.3 is 0 Å². The van der Waals surface area contributed by atoms with Crippen LogP contribution in [-0.2, 0) is 13.1 Å². The van der Waals surface area contributed by atoms with E-state index in [9.17, 15) is 13.6 Å². The Hall–Kier alpha value is -2.84. The van der Waals surface area contributed by atoms with Gasteiger partial charge < -0.3 is 4.90 Å². The number of alkyl halides is 2. The maximum Gasteiger partial charge on any atom is 0.280 e. The number of hydrogen-bond donors (Lipinski definition) is 0. The van der Waals surface area contributed by atoms with Crippen molar-refractivity contribution in [3.05, 3.63) is 47.2 Å². The quantitative estimate of drug-likeness (QED) is 0.665. The molecule has 3 heterocycles. The summed E-state index contributed by atoms with van der Waals surface area (Å²) in [4.78, 5) is 18.6. The molecule has 0 N–H and O–H groups in total.